The van der Waals surface area contributed by atoms with Crippen LogP contribution in [0.15, 0.2) is 30.0 Å². The molecule has 1 aromatic rings. The first-order chi connectivity index (χ1) is 12.0. The third kappa shape index (κ3) is 5.48. The number of carbonyl (C=O) groups is 1. The number of amides is 1. The summed E-state index contributed by atoms with van der Waals surface area (Å²) >= 11 is 6.08. The van der Waals surface area contributed by atoms with Crippen LogP contribution in [0.3, 0.4) is 0 Å². The van der Waals surface area contributed by atoms with Gasteiger partial charge in [-0.15, -0.1) is 0 Å². The molecule has 0 saturated carbocycles. The maximum absolute atomic E-state index is 12.4. The van der Waals surface area contributed by atoms with Gasteiger partial charge in [-0.1, -0.05) is 17.7 Å². The lowest BCUT2D eigenvalue weighted by molar-refractivity contribution is -0.112. The number of rotatable bonds is 4. The van der Waals surface area contributed by atoms with Crippen molar-refractivity contribution in [2.24, 2.45) is 0 Å². The van der Waals surface area contributed by atoms with Gasteiger partial charge in [0.05, 0.1) is 0 Å². The van der Waals surface area contributed by atoms with E-state index in [4.69, 9.17) is 11.6 Å². The van der Waals surface area contributed by atoms with Gasteiger partial charge in [-0.2, -0.15) is 5.26 Å². The lowest BCUT2D eigenvalue weighted by Gasteiger charge is -2.46. The molecule has 1 aromatic carbocycles. The van der Waals surface area contributed by atoms with Crippen molar-refractivity contribution in [1.29, 1.82) is 5.26 Å². The molecule has 0 radical (unpaired) electrons. The summed E-state index contributed by atoms with van der Waals surface area (Å²) in [6.07, 6.45) is 3.33. The third-order valence-corrected chi connectivity index (χ3v) is 4.86. The van der Waals surface area contributed by atoms with Crippen molar-refractivity contribution in [2.75, 3.05) is 5.32 Å². The highest BCUT2D eigenvalue weighted by Gasteiger charge is 2.37. The van der Waals surface area contributed by atoms with Gasteiger partial charge in [-0.3, -0.25) is 4.79 Å². The summed E-state index contributed by atoms with van der Waals surface area (Å²) in [6, 6.07) is 7.42. The normalized spacial score (nSPS) is 19.5. The third-order valence-electron chi connectivity index (χ3n) is 4.45. The van der Waals surface area contributed by atoms with Gasteiger partial charge < -0.3 is 16.0 Å². The van der Waals surface area contributed by atoms with Gasteiger partial charge in [-0.25, -0.2) is 0 Å². The fraction of sp³-hybridized carbons (Fsp3) is 0.500. The topological polar surface area (TPSA) is 77.0 Å². The zero-order valence-corrected chi connectivity index (χ0v) is 16.8. The monoisotopic (exact) mass is 374 g/mol. The molecule has 0 aromatic heterocycles. The number of halogens is 1. The number of benzene rings is 1. The maximum Gasteiger partial charge on any atom is 0.267 e. The molecule has 0 atom stereocenters. The quantitative estimate of drug-likeness (QED) is 0.552. The summed E-state index contributed by atoms with van der Waals surface area (Å²) in [5.74, 6) is -0.452. The molecule has 1 aliphatic rings. The van der Waals surface area contributed by atoms with Crippen LogP contribution >= 0.6 is 11.6 Å². The fourth-order valence-corrected chi connectivity index (χ4v) is 3.84. The van der Waals surface area contributed by atoms with Crippen molar-refractivity contribution in [1.82, 2.24) is 10.6 Å². The molecule has 26 heavy (non-hydrogen) atoms. The van der Waals surface area contributed by atoms with Crippen molar-refractivity contribution in [3.8, 4) is 6.07 Å². The molecule has 0 spiro atoms. The highest BCUT2D eigenvalue weighted by Crippen LogP contribution is 2.28. The molecule has 1 saturated heterocycles. The molecular weight excluding hydrogens is 348 g/mol. The Kier molecular flexibility index (Phi) is 6.00. The van der Waals surface area contributed by atoms with Crippen LogP contribution in [0.4, 0.5) is 5.69 Å². The molecule has 3 N–H and O–H groups in total. The highest BCUT2D eigenvalue weighted by molar-refractivity contribution is 6.31. The summed E-state index contributed by atoms with van der Waals surface area (Å²) in [5, 5.41) is 19.5. The van der Waals surface area contributed by atoms with Crippen molar-refractivity contribution in [2.45, 2.75) is 64.6 Å². The lowest BCUT2D eigenvalue weighted by Crippen LogP contribution is -2.61. The van der Waals surface area contributed by atoms with Crippen LogP contribution in [0, 0.1) is 18.3 Å². The molecule has 0 bridgehead atoms. The van der Waals surface area contributed by atoms with Gasteiger partial charge in [0.1, 0.15) is 11.6 Å². The Balaban J connectivity index is 2.06. The van der Waals surface area contributed by atoms with Crippen molar-refractivity contribution < 1.29 is 4.79 Å². The van der Waals surface area contributed by atoms with Gasteiger partial charge in [0, 0.05) is 34.0 Å². The summed E-state index contributed by atoms with van der Waals surface area (Å²) in [7, 11) is 0. The molecule has 0 aliphatic carbocycles. The van der Waals surface area contributed by atoms with E-state index in [1.54, 1.807) is 12.1 Å². The van der Waals surface area contributed by atoms with E-state index in [0.29, 0.717) is 10.7 Å². The van der Waals surface area contributed by atoms with E-state index in [2.05, 4.69) is 43.6 Å². The lowest BCUT2D eigenvalue weighted by atomic mass is 9.80. The second kappa shape index (κ2) is 7.69. The Morgan fingerprint density at radius 1 is 1.31 bits per heavy atom. The van der Waals surface area contributed by atoms with Crippen LogP contribution in [0.5, 0.6) is 0 Å². The van der Waals surface area contributed by atoms with Crippen LogP contribution in [-0.2, 0) is 4.79 Å². The van der Waals surface area contributed by atoms with E-state index in [-0.39, 0.29) is 22.7 Å². The first-order valence-electron chi connectivity index (χ1n) is 8.74. The van der Waals surface area contributed by atoms with Gasteiger partial charge in [0.15, 0.2) is 0 Å². The molecule has 6 heteroatoms. The standard InChI is InChI=1S/C20H27ClN4O/c1-13-6-7-15(8-17(13)21)24-18(26)14(11-22)12-23-16-9-19(2,3)25-20(4,5)10-16/h6-8,12,16,23,25H,9-10H2,1-5H3,(H,24,26)/b14-12-. The van der Waals surface area contributed by atoms with E-state index in [9.17, 15) is 10.1 Å². The SMILES string of the molecule is Cc1ccc(NC(=O)/C(C#N)=C\NC2CC(C)(C)NC(C)(C)C2)cc1Cl. The Hall–Kier alpha value is -2.03. The van der Waals surface area contributed by atoms with Crippen LogP contribution < -0.4 is 16.0 Å². The molecule has 2 rings (SSSR count). The summed E-state index contributed by atoms with van der Waals surface area (Å²) in [5.41, 5.74) is 1.51. The fourth-order valence-electron chi connectivity index (χ4n) is 3.66. The number of nitrogens with one attached hydrogen (secondary N) is 3. The van der Waals surface area contributed by atoms with E-state index in [1.165, 1.54) is 6.20 Å². The predicted octanol–water partition coefficient (Wildman–Crippen LogP) is 3.89. The maximum atomic E-state index is 12.4. The zero-order chi connectivity index (χ0) is 19.5. The second-order valence-electron chi connectivity index (χ2n) is 8.25. The average Bonchev–Trinajstić information content (AvgIpc) is 2.48. The van der Waals surface area contributed by atoms with Crippen LogP contribution in [-0.4, -0.2) is 23.0 Å². The van der Waals surface area contributed by atoms with Crippen LogP contribution in [0.1, 0.15) is 46.1 Å². The van der Waals surface area contributed by atoms with E-state index >= 15 is 0 Å². The summed E-state index contributed by atoms with van der Waals surface area (Å²) in [6.45, 7) is 10.5. The van der Waals surface area contributed by atoms with Gasteiger partial charge in [0.25, 0.3) is 5.91 Å². The molecule has 1 amide bonds. The molecule has 5 nitrogen and oxygen atoms in total. The van der Waals surface area contributed by atoms with Crippen molar-refractivity contribution in [3.05, 3.63) is 40.6 Å². The highest BCUT2D eigenvalue weighted by atomic mass is 35.5. The van der Waals surface area contributed by atoms with Gasteiger partial charge in [-0.05, 0) is 65.2 Å². The van der Waals surface area contributed by atoms with Gasteiger partial charge >= 0.3 is 0 Å². The Bertz CT molecular complexity index is 746. The van der Waals surface area contributed by atoms with Crippen molar-refractivity contribution in [3.63, 3.8) is 0 Å². The molecular formula is C20H27ClN4O. The Morgan fingerprint density at radius 2 is 1.92 bits per heavy atom. The summed E-state index contributed by atoms with van der Waals surface area (Å²) < 4.78 is 0. The van der Waals surface area contributed by atoms with Gasteiger partial charge in [0.2, 0.25) is 0 Å². The predicted molar refractivity (Wildman–Crippen MR) is 106 cm³/mol. The van der Waals surface area contributed by atoms with Crippen LogP contribution in [0.2, 0.25) is 5.02 Å². The van der Waals surface area contributed by atoms with E-state index in [0.717, 1.165) is 18.4 Å². The minimum Gasteiger partial charge on any atom is -0.387 e. The number of piperidine rings is 1. The van der Waals surface area contributed by atoms with E-state index in [1.807, 2.05) is 19.1 Å². The Morgan fingerprint density at radius 3 is 2.46 bits per heavy atom. The molecule has 140 valence electrons. The van der Waals surface area contributed by atoms with Crippen molar-refractivity contribution >= 4 is 23.2 Å². The average molecular weight is 375 g/mol. The van der Waals surface area contributed by atoms with E-state index < -0.39 is 5.91 Å². The zero-order valence-electron chi connectivity index (χ0n) is 16.0. The first-order valence-corrected chi connectivity index (χ1v) is 9.12. The minimum atomic E-state index is -0.452. The number of nitrogens with zero attached hydrogens (tertiary/aromatic N) is 1. The first kappa shape index (κ1) is 20.3. The smallest absolute Gasteiger partial charge is 0.267 e. The number of anilines is 1. The molecule has 1 aliphatic heterocycles. The number of carbonyl (C=O) groups excluding carboxylic acids is 1. The summed E-state index contributed by atoms with van der Waals surface area (Å²) in [4.78, 5) is 12.4. The molecule has 1 fully saturated rings. The Labute approximate surface area is 160 Å². The minimum absolute atomic E-state index is 0.0129. The number of hydrogen-bond donors (Lipinski definition) is 3. The second-order valence-corrected chi connectivity index (χ2v) is 8.66. The largest absolute Gasteiger partial charge is 0.387 e. The number of aryl methyl sites for hydroxylation is 1. The number of hydrogen-bond acceptors (Lipinski definition) is 4. The van der Waals surface area contributed by atoms with Crippen LogP contribution in [0.25, 0.3) is 0 Å². The molecule has 1 heterocycles. The number of nitriles is 1. The molecule has 0 unspecified atom stereocenters.